The maximum atomic E-state index is 10.5. The van der Waals surface area contributed by atoms with E-state index >= 15 is 0 Å². The van der Waals surface area contributed by atoms with Crippen LogP contribution >= 0.6 is 0 Å². The van der Waals surface area contributed by atoms with Crippen LogP contribution in [0, 0.1) is 17.8 Å². The van der Waals surface area contributed by atoms with Crippen molar-refractivity contribution in [1.29, 1.82) is 0 Å². The van der Waals surface area contributed by atoms with Gasteiger partial charge in [0.2, 0.25) is 0 Å². The van der Waals surface area contributed by atoms with Crippen LogP contribution in [0.25, 0.3) is 0 Å². The van der Waals surface area contributed by atoms with Gasteiger partial charge in [-0.25, -0.2) is 5.11 Å². The molecular formula is C8H11O. The van der Waals surface area contributed by atoms with Gasteiger partial charge in [-0.15, -0.1) is 0 Å². The molecule has 3 atom stereocenters. The molecule has 2 bridgehead atoms. The molecule has 9 heavy (non-hydrogen) atoms. The molecule has 1 nitrogen and oxygen atoms in total. The maximum Gasteiger partial charge on any atom is 0.0856 e. The molecule has 0 N–H and O–H groups in total. The lowest BCUT2D eigenvalue weighted by molar-refractivity contribution is 0.131. The van der Waals surface area contributed by atoms with Gasteiger partial charge in [-0.2, -0.15) is 0 Å². The Kier molecular flexibility index (Phi) is 1.12. The highest BCUT2D eigenvalue weighted by Crippen LogP contribution is 2.42. The molecule has 1 fully saturated rings. The summed E-state index contributed by atoms with van der Waals surface area (Å²) in [4.78, 5) is 0. The Morgan fingerprint density at radius 1 is 1.33 bits per heavy atom. The third kappa shape index (κ3) is 0.715. The molecule has 0 spiro atoms. The molecule has 1 heteroatoms. The molecule has 49 valence electrons. The maximum absolute atomic E-state index is 10.5. The van der Waals surface area contributed by atoms with Gasteiger partial charge < -0.3 is 0 Å². The zero-order valence-electron chi connectivity index (χ0n) is 5.42. The predicted octanol–water partition coefficient (Wildman–Crippen LogP) is 1.63. The number of allylic oxidation sites excluding steroid dienone is 2. The number of hydrogen-bond donors (Lipinski definition) is 0. The Balaban J connectivity index is 2.10. The van der Waals surface area contributed by atoms with Crippen molar-refractivity contribution < 1.29 is 5.11 Å². The largest absolute Gasteiger partial charge is 0.236 e. The number of fused-ring (bicyclic) bond motifs is 2. The second-order valence-electron chi connectivity index (χ2n) is 3.21. The highest BCUT2D eigenvalue weighted by molar-refractivity contribution is 5.09. The molecule has 3 unspecified atom stereocenters. The lowest BCUT2D eigenvalue weighted by atomic mass is 9.95. The van der Waals surface area contributed by atoms with Gasteiger partial charge in [0.25, 0.3) is 0 Å². The van der Waals surface area contributed by atoms with Crippen LogP contribution in [0.4, 0.5) is 0 Å². The van der Waals surface area contributed by atoms with Gasteiger partial charge >= 0.3 is 0 Å². The summed E-state index contributed by atoms with van der Waals surface area (Å²) in [5, 5.41) is 10.5. The second-order valence-corrected chi connectivity index (χ2v) is 3.21. The van der Waals surface area contributed by atoms with Gasteiger partial charge in [0.05, 0.1) is 6.61 Å². The predicted molar refractivity (Wildman–Crippen MR) is 34.4 cm³/mol. The quantitative estimate of drug-likeness (QED) is 0.472. The van der Waals surface area contributed by atoms with Crippen LogP contribution in [0.1, 0.15) is 12.8 Å². The molecule has 0 heterocycles. The molecular weight excluding hydrogens is 112 g/mol. The van der Waals surface area contributed by atoms with Crippen molar-refractivity contribution in [3.05, 3.63) is 12.2 Å². The summed E-state index contributed by atoms with van der Waals surface area (Å²) in [7, 11) is 0. The van der Waals surface area contributed by atoms with Crippen LogP contribution < -0.4 is 0 Å². The van der Waals surface area contributed by atoms with Crippen molar-refractivity contribution >= 4 is 0 Å². The van der Waals surface area contributed by atoms with Crippen molar-refractivity contribution in [2.45, 2.75) is 12.8 Å². The first-order valence-corrected chi connectivity index (χ1v) is 3.66. The second kappa shape index (κ2) is 1.84. The molecule has 0 aromatic carbocycles. The Hall–Kier alpha value is -0.300. The third-order valence-corrected chi connectivity index (χ3v) is 2.63. The average Bonchev–Trinajstić information content (AvgIpc) is 2.45. The summed E-state index contributed by atoms with van der Waals surface area (Å²) < 4.78 is 0. The highest BCUT2D eigenvalue weighted by atomic mass is 16.3. The fourth-order valence-corrected chi connectivity index (χ4v) is 2.09. The van der Waals surface area contributed by atoms with Gasteiger partial charge in [-0.1, -0.05) is 12.2 Å². The minimum atomic E-state index is 0.144. The van der Waals surface area contributed by atoms with E-state index in [1.54, 1.807) is 0 Å². The van der Waals surface area contributed by atoms with E-state index in [-0.39, 0.29) is 6.61 Å². The van der Waals surface area contributed by atoms with E-state index in [0.717, 1.165) is 5.92 Å². The Morgan fingerprint density at radius 2 is 2.22 bits per heavy atom. The summed E-state index contributed by atoms with van der Waals surface area (Å²) in [6.45, 7) is 0.144. The van der Waals surface area contributed by atoms with Crippen molar-refractivity contribution in [2.75, 3.05) is 6.61 Å². The van der Waals surface area contributed by atoms with Crippen molar-refractivity contribution in [1.82, 2.24) is 0 Å². The van der Waals surface area contributed by atoms with Gasteiger partial charge in [-0.3, -0.25) is 0 Å². The van der Waals surface area contributed by atoms with E-state index in [9.17, 15) is 5.11 Å². The Labute approximate surface area is 55.4 Å². The van der Waals surface area contributed by atoms with Gasteiger partial charge in [0.15, 0.2) is 0 Å². The molecule has 0 aliphatic heterocycles. The molecule has 1 radical (unpaired) electrons. The van der Waals surface area contributed by atoms with Gasteiger partial charge in [0.1, 0.15) is 0 Å². The molecule has 1 saturated carbocycles. The third-order valence-electron chi connectivity index (χ3n) is 2.63. The van der Waals surface area contributed by atoms with Crippen molar-refractivity contribution in [2.24, 2.45) is 17.8 Å². The summed E-state index contributed by atoms with van der Waals surface area (Å²) >= 11 is 0. The summed E-state index contributed by atoms with van der Waals surface area (Å²) in [6.07, 6.45) is 6.95. The van der Waals surface area contributed by atoms with Crippen molar-refractivity contribution in [3.63, 3.8) is 0 Å². The van der Waals surface area contributed by atoms with E-state index in [2.05, 4.69) is 12.2 Å². The first kappa shape index (κ1) is 5.48. The topological polar surface area (TPSA) is 19.9 Å². The van der Waals surface area contributed by atoms with E-state index in [1.807, 2.05) is 0 Å². The smallest absolute Gasteiger partial charge is 0.0856 e. The molecule has 0 amide bonds. The van der Waals surface area contributed by atoms with E-state index in [0.29, 0.717) is 11.8 Å². The molecule has 0 saturated heterocycles. The zero-order valence-corrected chi connectivity index (χ0v) is 5.42. The normalized spacial score (nSPS) is 46.6. The molecule has 0 aromatic heterocycles. The molecule has 2 aliphatic carbocycles. The first-order chi connectivity index (χ1) is 4.40. The summed E-state index contributed by atoms with van der Waals surface area (Å²) in [5.74, 6) is 1.92. The van der Waals surface area contributed by atoms with E-state index in [4.69, 9.17) is 0 Å². The van der Waals surface area contributed by atoms with E-state index in [1.165, 1.54) is 12.8 Å². The molecule has 2 rings (SSSR count). The average molecular weight is 123 g/mol. The van der Waals surface area contributed by atoms with Crippen LogP contribution in [0.5, 0.6) is 0 Å². The monoisotopic (exact) mass is 123 g/mol. The summed E-state index contributed by atoms with van der Waals surface area (Å²) in [5.41, 5.74) is 0. The van der Waals surface area contributed by atoms with Gasteiger partial charge in [-0.05, 0) is 30.6 Å². The Bertz CT molecular complexity index is 140. The fourth-order valence-electron chi connectivity index (χ4n) is 2.09. The lowest BCUT2D eigenvalue weighted by Gasteiger charge is -2.12. The number of rotatable bonds is 1. The highest BCUT2D eigenvalue weighted by Gasteiger charge is 2.35. The summed E-state index contributed by atoms with van der Waals surface area (Å²) in [6, 6.07) is 0. The van der Waals surface area contributed by atoms with Crippen LogP contribution in [0.3, 0.4) is 0 Å². The van der Waals surface area contributed by atoms with Crippen molar-refractivity contribution in [3.8, 4) is 0 Å². The SMILES string of the molecule is [O]CC1CC2C=CC1C2. The van der Waals surface area contributed by atoms with Crippen LogP contribution in [-0.4, -0.2) is 6.61 Å². The first-order valence-electron chi connectivity index (χ1n) is 3.66. The molecule has 2 aliphatic rings. The lowest BCUT2D eigenvalue weighted by Crippen LogP contribution is -2.09. The fraction of sp³-hybridized carbons (Fsp3) is 0.750. The van der Waals surface area contributed by atoms with E-state index < -0.39 is 0 Å². The minimum Gasteiger partial charge on any atom is -0.236 e. The zero-order chi connectivity index (χ0) is 6.27. The van der Waals surface area contributed by atoms with Crippen LogP contribution in [0.2, 0.25) is 0 Å². The Morgan fingerprint density at radius 3 is 2.56 bits per heavy atom. The van der Waals surface area contributed by atoms with Crippen LogP contribution in [0.15, 0.2) is 12.2 Å². The standard InChI is InChI=1S/C8H11O/c9-5-8-4-6-1-2-7(8)3-6/h1-2,6-8H,3-5H2. The molecule has 0 aromatic rings. The minimum absolute atomic E-state index is 0.144. The van der Waals surface area contributed by atoms with Crippen LogP contribution in [-0.2, 0) is 5.11 Å². The van der Waals surface area contributed by atoms with Gasteiger partial charge in [0, 0.05) is 0 Å². The number of hydrogen-bond acceptors (Lipinski definition) is 0.